The van der Waals surface area contributed by atoms with Crippen molar-refractivity contribution in [2.75, 3.05) is 0 Å². The average molecular weight is 344 g/mol. The van der Waals surface area contributed by atoms with E-state index in [1.165, 1.54) is 50.9 Å². The molecule has 0 spiro atoms. The fraction of sp³-hybridized carbons (Fsp3) is 0.167. The normalized spacial score (nSPS) is 16.8. The van der Waals surface area contributed by atoms with Gasteiger partial charge in [0.25, 0.3) is 0 Å². The third kappa shape index (κ3) is 2.40. The highest BCUT2D eigenvalue weighted by atomic mass is 19.1. The van der Waals surface area contributed by atoms with Crippen LogP contribution >= 0.6 is 0 Å². The quantitative estimate of drug-likeness (QED) is 0.344. The monoisotopic (exact) mass is 344 g/mol. The zero-order valence-electron chi connectivity index (χ0n) is 14.3. The number of hydrogen-bond acceptors (Lipinski definition) is 0. The number of halogens is 2. The van der Waals surface area contributed by atoms with Gasteiger partial charge in [0.2, 0.25) is 0 Å². The van der Waals surface area contributed by atoms with Crippen molar-refractivity contribution in [1.29, 1.82) is 0 Å². The molecule has 0 radical (unpaired) electrons. The van der Waals surface area contributed by atoms with Gasteiger partial charge in [0, 0.05) is 0 Å². The van der Waals surface area contributed by atoms with E-state index in [2.05, 4.69) is 48.5 Å². The molecule has 0 heterocycles. The Bertz CT molecular complexity index is 1140. The Morgan fingerprint density at radius 3 is 2.54 bits per heavy atom. The SMILES string of the molecule is Fc1ccc(F)c(C2CCc3c(ccc4c3ccc3ccccc34)C2)c1. The smallest absolute Gasteiger partial charge is 0.126 e. The fourth-order valence-corrected chi connectivity index (χ4v) is 4.46. The number of benzene rings is 4. The van der Waals surface area contributed by atoms with Crippen LogP contribution in [-0.2, 0) is 12.8 Å². The summed E-state index contributed by atoms with van der Waals surface area (Å²) in [5, 5.41) is 5.08. The lowest BCUT2D eigenvalue weighted by Crippen LogP contribution is -2.14. The molecule has 2 heteroatoms. The third-order valence-electron chi connectivity index (χ3n) is 5.74. The van der Waals surface area contributed by atoms with Crippen molar-refractivity contribution in [3.8, 4) is 0 Å². The largest absolute Gasteiger partial charge is 0.207 e. The first-order valence-electron chi connectivity index (χ1n) is 9.08. The molecule has 1 aliphatic rings. The summed E-state index contributed by atoms with van der Waals surface area (Å²) in [6.45, 7) is 0. The number of rotatable bonds is 1. The van der Waals surface area contributed by atoms with Crippen molar-refractivity contribution in [2.24, 2.45) is 0 Å². The van der Waals surface area contributed by atoms with Crippen molar-refractivity contribution in [3.05, 3.63) is 95.1 Å². The highest BCUT2D eigenvalue weighted by molar-refractivity contribution is 6.08. The van der Waals surface area contributed by atoms with Gasteiger partial charge < -0.3 is 0 Å². The Labute approximate surface area is 151 Å². The van der Waals surface area contributed by atoms with E-state index < -0.39 is 0 Å². The predicted octanol–water partition coefficient (Wildman–Crippen LogP) is 6.54. The van der Waals surface area contributed by atoms with Crippen molar-refractivity contribution in [1.82, 2.24) is 0 Å². The van der Waals surface area contributed by atoms with E-state index in [-0.39, 0.29) is 17.6 Å². The molecule has 26 heavy (non-hydrogen) atoms. The molecule has 128 valence electrons. The molecular weight excluding hydrogens is 326 g/mol. The van der Waals surface area contributed by atoms with Crippen LogP contribution in [-0.4, -0.2) is 0 Å². The van der Waals surface area contributed by atoms with Crippen LogP contribution in [0.5, 0.6) is 0 Å². The van der Waals surface area contributed by atoms with E-state index in [0.29, 0.717) is 5.56 Å². The Balaban J connectivity index is 1.61. The van der Waals surface area contributed by atoms with Gasteiger partial charge in [-0.3, -0.25) is 0 Å². The van der Waals surface area contributed by atoms with Crippen LogP contribution < -0.4 is 0 Å². The summed E-state index contributed by atoms with van der Waals surface area (Å²) in [5.41, 5.74) is 3.13. The average Bonchev–Trinajstić information content (AvgIpc) is 2.69. The van der Waals surface area contributed by atoms with Gasteiger partial charge >= 0.3 is 0 Å². The Morgan fingerprint density at radius 1 is 0.769 bits per heavy atom. The van der Waals surface area contributed by atoms with E-state index in [1.54, 1.807) is 0 Å². The van der Waals surface area contributed by atoms with E-state index in [1.807, 2.05) is 0 Å². The second-order valence-corrected chi connectivity index (χ2v) is 7.19. The molecule has 0 aromatic heterocycles. The summed E-state index contributed by atoms with van der Waals surface area (Å²) in [6, 6.07) is 21.0. The molecule has 1 atom stereocenters. The van der Waals surface area contributed by atoms with Crippen molar-refractivity contribution >= 4 is 21.5 Å². The maximum atomic E-state index is 14.2. The molecule has 0 aliphatic heterocycles. The van der Waals surface area contributed by atoms with Gasteiger partial charge in [-0.2, -0.15) is 0 Å². The maximum Gasteiger partial charge on any atom is 0.126 e. The highest BCUT2D eigenvalue weighted by Gasteiger charge is 2.24. The molecule has 5 rings (SSSR count). The lowest BCUT2D eigenvalue weighted by molar-refractivity contribution is 0.525. The van der Waals surface area contributed by atoms with E-state index in [4.69, 9.17) is 0 Å². The lowest BCUT2D eigenvalue weighted by atomic mass is 9.78. The molecule has 1 unspecified atom stereocenters. The summed E-state index contributed by atoms with van der Waals surface area (Å²) in [6.07, 6.45) is 2.50. The standard InChI is InChI=1S/C24H18F2/c25-18-8-12-24(26)23(14-18)17-6-9-20-16(13-17)7-11-21-19-4-2-1-3-15(19)5-10-22(20)21/h1-5,7-8,10-12,14,17H,6,9,13H2. The minimum Gasteiger partial charge on any atom is -0.207 e. The van der Waals surface area contributed by atoms with E-state index in [9.17, 15) is 8.78 Å². The molecule has 0 saturated heterocycles. The molecule has 0 saturated carbocycles. The van der Waals surface area contributed by atoms with Crippen LogP contribution in [0, 0.1) is 11.6 Å². The first-order valence-corrected chi connectivity index (χ1v) is 9.08. The number of aryl methyl sites for hydroxylation is 1. The first kappa shape index (κ1) is 15.5. The van der Waals surface area contributed by atoms with Gasteiger partial charge in [0.05, 0.1) is 0 Å². The van der Waals surface area contributed by atoms with Gasteiger partial charge in [-0.05, 0) is 81.6 Å². The fourth-order valence-electron chi connectivity index (χ4n) is 4.46. The first-order chi connectivity index (χ1) is 12.7. The lowest BCUT2D eigenvalue weighted by Gasteiger charge is -2.27. The van der Waals surface area contributed by atoms with Crippen molar-refractivity contribution in [3.63, 3.8) is 0 Å². The summed E-state index contributed by atoms with van der Waals surface area (Å²) >= 11 is 0. The third-order valence-corrected chi connectivity index (χ3v) is 5.74. The summed E-state index contributed by atoms with van der Waals surface area (Å²) in [7, 11) is 0. The van der Waals surface area contributed by atoms with Crippen LogP contribution in [0.4, 0.5) is 8.78 Å². The predicted molar refractivity (Wildman–Crippen MR) is 103 cm³/mol. The molecule has 0 N–H and O–H groups in total. The van der Waals surface area contributed by atoms with Gasteiger partial charge in [-0.1, -0.05) is 48.5 Å². The highest BCUT2D eigenvalue weighted by Crippen LogP contribution is 2.38. The summed E-state index contributed by atoms with van der Waals surface area (Å²) in [5.74, 6) is -0.625. The number of hydrogen-bond donors (Lipinski definition) is 0. The summed E-state index contributed by atoms with van der Waals surface area (Å²) < 4.78 is 27.8. The Kier molecular flexibility index (Phi) is 3.53. The molecule has 1 aliphatic carbocycles. The van der Waals surface area contributed by atoms with Crippen molar-refractivity contribution < 1.29 is 8.78 Å². The van der Waals surface area contributed by atoms with Crippen molar-refractivity contribution in [2.45, 2.75) is 25.2 Å². The molecular formula is C24H18F2. The second kappa shape index (κ2) is 5.91. The molecule has 0 nitrogen and oxygen atoms in total. The molecule has 4 aromatic rings. The van der Waals surface area contributed by atoms with Crippen LogP contribution in [0.3, 0.4) is 0 Å². The number of fused-ring (bicyclic) bond motifs is 5. The van der Waals surface area contributed by atoms with Crippen LogP contribution in [0.15, 0.2) is 66.7 Å². The Hall–Kier alpha value is -2.74. The summed E-state index contributed by atoms with van der Waals surface area (Å²) in [4.78, 5) is 0. The molecule has 4 aromatic carbocycles. The maximum absolute atomic E-state index is 14.2. The van der Waals surface area contributed by atoms with E-state index in [0.717, 1.165) is 19.3 Å². The van der Waals surface area contributed by atoms with E-state index >= 15 is 0 Å². The topological polar surface area (TPSA) is 0 Å². The minimum atomic E-state index is -0.364. The minimum absolute atomic E-state index is 0.0381. The Morgan fingerprint density at radius 2 is 1.62 bits per heavy atom. The molecule has 0 bridgehead atoms. The van der Waals surface area contributed by atoms with Crippen LogP contribution in [0.2, 0.25) is 0 Å². The van der Waals surface area contributed by atoms with Crippen LogP contribution in [0.1, 0.15) is 29.0 Å². The van der Waals surface area contributed by atoms with Gasteiger partial charge in [-0.15, -0.1) is 0 Å². The second-order valence-electron chi connectivity index (χ2n) is 7.19. The zero-order chi connectivity index (χ0) is 17.7. The molecule has 0 amide bonds. The van der Waals surface area contributed by atoms with Gasteiger partial charge in [0.15, 0.2) is 0 Å². The zero-order valence-corrected chi connectivity index (χ0v) is 14.3. The van der Waals surface area contributed by atoms with Gasteiger partial charge in [-0.25, -0.2) is 8.78 Å². The molecule has 0 fully saturated rings. The van der Waals surface area contributed by atoms with Crippen LogP contribution in [0.25, 0.3) is 21.5 Å². The van der Waals surface area contributed by atoms with Gasteiger partial charge in [0.1, 0.15) is 11.6 Å².